The lowest BCUT2D eigenvalue weighted by Crippen LogP contribution is -1.92. The maximum absolute atomic E-state index is 13.2. The van der Waals surface area contributed by atoms with E-state index in [2.05, 4.69) is 15.0 Å². The van der Waals surface area contributed by atoms with Gasteiger partial charge in [-0.25, -0.2) is 14.4 Å². The van der Waals surface area contributed by atoms with Crippen LogP contribution < -0.4 is 5.73 Å². The number of pyridine rings is 1. The Labute approximate surface area is 103 Å². The Morgan fingerprint density at radius 2 is 2.00 bits per heavy atom. The molecule has 90 valence electrons. The summed E-state index contributed by atoms with van der Waals surface area (Å²) < 4.78 is 13.2. The fraction of sp³-hybridized carbons (Fsp3) is 0.0769. The van der Waals surface area contributed by atoms with Gasteiger partial charge < -0.3 is 10.7 Å². The zero-order chi connectivity index (χ0) is 12.7. The van der Waals surface area contributed by atoms with Crippen LogP contribution >= 0.6 is 0 Å². The molecule has 0 amide bonds. The van der Waals surface area contributed by atoms with E-state index in [1.807, 2.05) is 19.1 Å². The van der Waals surface area contributed by atoms with E-state index in [4.69, 9.17) is 5.73 Å². The first kappa shape index (κ1) is 10.7. The number of nitrogens with two attached hydrogens (primary N) is 1. The van der Waals surface area contributed by atoms with Crippen molar-refractivity contribution in [1.82, 2.24) is 15.0 Å². The summed E-state index contributed by atoms with van der Waals surface area (Å²) in [6.07, 6.45) is 0. The fourth-order valence-electron chi connectivity index (χ4n) is 1.85. The highest BCUT2D eigenvalue weighted by atomic mass is 19.1. The summed E-state index contributed by atoms with van der Waals surface area (Å²) in [5, 5.41) is 0. The molecule has 0 saturated heterocycles. The number of anilines is 1. The molecular weight excluding hydrogens is 231 g/mol. The number of aryl methyl sites for hydroxylation is 1. The molecule has 0 bridgehead atoms. The third-order valence-corrected chi connectivity index (χ3v) is 2.76. The lowest BCUT2D eigenvalue weighted by molar-refractivity contribution is 0.628. The largest absolute Gasteiger partial charge is 0.398 e. The van der Waals surface area contributed by atoms with Crippen molar-refractivity contribution < 1.29 is 4.39 Å². The molecule has 0 spiro atoms. The van der Waals surface area contributed by atoms with Crippen LogP contribution in [0.5, 0.6) is 0 Å². The molecule has 5 heteroatoms. The monoisotopic (exact) mass is 242 g/mol. The number of H-pyrrole nitrogens is 1. The number of nitrogens with one attached hydrogen (secondary N) is 1. The lowest BCUT2D eigenvalue weighted by Gasteiger charge is -2.01. The number of hydrogen-bond acceptors (Lipinski definition) is 3. The minimum atomic E-state index is -0.344. The van der Waals surface area contributed by atoms with Gasteiger partial charge in [0.25, 0.3) is 0 Å². The maximum atomic E-state index is 13.2. The van der Waals surface area contributed by atoms with E-state index in [0.717, 1.165) is 11.2 Å². The average Bonchev–Trinajstić information content (AvgIpc) is 2.74. The summed E-state index contributed by atoms with van der Waals surface area (Å²) in [4.78, 5) is 11.7. The topological polar surface area (TPSA) is 67.6 Å². The highest BCUT2D eigenvalue weighted by Gasteiger charge is 2.10. The van der Waals surface area contributed by atoms with E-state index in [1.54, 1.807) is 0 Å². The number of nitrogens with zero attached hydrogens (tertiary/aromatic N) is 2. The quantitative estimate of drug-likeness (QED) is 0.644. The number of halogens is 1. The number of imidazole rings is 1. The Hall–Kier alpha value is -2.43. The van der Waals surface area contributed by atoms with E-state index in [1.165, 1.54) is 18.2 Å². The molecule has 0 unspecified atom stereocenters. The van der Waals surface area contributed by atoms with Gasteiger partial charge in [-0.3, -0.25) is 0 Å². The Bertz CT molecular complexity index is 733. The molecule has 0 saturated carbocycles. The van der Waals surface area contributed by atoms with E-state index in [9.17, 15) is 4.39 Å². The number of benzene rings is 1. The first-order valence-corrected chi connectivity index (χ1v) is 5.52. The molecule has 3 N–H and O–H groups in total. The van der Waals surface area contributed by atoms with E-state index in [0.29, 0.717) is 22.7 Å². The average molecular weight is 242 g/mol. The van der Waals surface area contributed by atoms with Crippen LogP contribution in [0.25, 0.3) is 22.6 Å². The Kier molecular flexibility index (Phi) is 2.26. The molecule has 3 aromatic rings. The van der Waals surface area contributed by atoms with Gasteiger partial charge in [0, 0.05) is 16.9 Å². The summed E-state index contributed by atoms with van der Waals surface area (Å²) in [7, 11) is 0. The SMILES string of the molecule is Cc1ccc2[nH]c(-c3cc(F)ccc3N)nc2n1. The predicted octanol–water partition coefficient (Wildman–Crippen LogP) is 2.65. The minimum absolute atomic E-state index is 0.344. The van der Waals surface area contributed by atoms with Gasteiger partial charge in [0.05, 0.1) is 5.52 Å². The van der Waals surface area contributed by atoms with Crippen LogP contribution in [0.4, 0.5) is 10.1 Å². The van der Waals surface area contributed by atoms with Crippen LogP contribution in [0, 0.1) is 12.7 Å². The molecule has 0 atom stereocenters. The van der Waals surface area contributed by atoms with Crippen LogP contribution in [0.15, 0.2) is 30.3 Å². The molecule has 2 aromatic heterocycles. The van der Waals surface area contributed by atoms with Crippen molar-refractivity contribution in [2.75, 3.05) is 5.73 Å². The Balaban J connectivity index is 2.22. The highest BCUT2D eigenvalue weighted by molar-refractivity contribution is 5.80. The molecule has 0 aliphatic rings. The van der Waals surface area contributed by atoms with Crippen LogP contribution in [-0.4, -0.2) is 15.0 Å². The molecular formula is C13H11FN4. The van der Waals surface area contributed by atoms with Gasteiger partial charge in [0.15, 0.2) is 5.65 Å². The smallest absolute Gasteiger partial charge is 0.178 e. The van der Waals surface area contributed by atoms with Gasteiger partial charge in [0.2, 0.25) is 0 Å². The molecule has 4 nitrogen and oxygen atoms in total. The number of rotatable bonds is 1. The van der Waals surface area contributed by atoms with E-state index >= 15 is 0 Å². The standard InChI is InChI=1S/C13H11FN4/c1-7-2-5-11-13(16-7)18-12(17-11)9-6-8(14)3-4-10(9)15/h2-6H,15H2,1H3,(H,16,17,18). The fourth-order valence-corrected chi connectivity index (χ4v) is 1.85. The number of aromatic nitrogens is 3. The van der Waals surface area contributed by atoms with E-state index < -0.39 is 0 Å². The molecule has 0 radical (unpaired) electrons. The summed E-state index contributed by atoms with van der Waals surface area (Å²) in [6, 6.07) is 7.99. The zero-order valence-electron chi connectivity index (χ0n) is 9.74. The highest BCUT2D eigenvalue weighted by Crippen LogP contribution is 2.25. The first-order valence-electron chi connectivity index (χ1n) is 5.52. The molecule has 0 aliphatic carbocycles. The summed E-state index contributed by atoms with van der Waals surface area (Å²) in [6.45, 7) is 1.89. The molecule has 18 heavy (non-hydrogen) atoms. The zero-order valence-corrected chi connectivity index (χ0v) is 9.74. The summed E-state index contributed by atoms with van der Waals surface area (Å²) in [5.74, 6) is 0.184. The number of hydrogen-bond donors (Lipinski definition) is 2. The van der Waals surface area contributed by atoms with Crippen LogP contribution in [0.2, 0.25) is 0 Å². The maximum Gasteiger partial charge on any atom is 0.178 e. The van der Waals surface area contributed by atoms with Crippen molar-refractivity contribution in [2.24, 2.45) is 0 Å². The molecule has 0 aliphatic heterocycles. The van der Waals surface area contributed by atoms with Crippen molar-refractivity contribution in [3.63, 3.8) is 0 Å². The first-order chi connectivity index (χ1) is 8.63. The lowest BCUT2D eigenvalue weighted by atomic mass is 10.1. The van der Waals surface area contributed by atoms with Crippen LogP contribution in [-0.2, 0) is 0 Å². The number of nitrogen functional groups attached to an aromatic ring is 1. The second-order valence-electron chi connectivity index (χ2n) is 4.14. The van der Waals surface area contributed by atoms with Gasteiger partial charge in [-0.1, -0.05) is 0 Å². The molecule has 0 fully saturated rings. The van der Waals surface area contributed by atoms with Crippen molar-refractivity contribution in [3.8, 4) is 11.4 Å². The van der Waals surface area contributed by atoms with Crippen LogP contribution in [0.3, 0.4) is 0 Å². The Morgan fingerprint density at radius 3 is 2.83 bits per heavy atom. The third kappa shape index (κ3) is 1.69. The van der Waals surface area contributed by atoms with Crippen molar-refractivity contribution in [3.05, 3.63) is 41.8 Å². The molecule has 2 heterocycles. The van der Waals surface area contributed by atoms with Gasteiger partial charge in [-0.2, -0.15) is 0 Å². The predicted molar refractivity (Wildman–Crippen MR) is 68.4 cm³/mol. The van der Waals surface area contributed by atoms with Gasteiger partial charge >= 0.3 is 0 Å². The van der Waals surface area contributed by atoms with Crippen molar-refractivity contribution in [2.45, 2.75) is 6.92 Å². The summed E-state index contributed by atoms with van der Waals surface area (Å²) >= 11 is 0. The second-order valence-corrected chi connectivity index (χ2v) is 4.14. The van der Waals surface area contributed by atoms with Crippen molar-refractivity contribution in [1.29, 1.82) is 0 Å². The van der Waals surface area contributed by atoms with Crippen LogP contribution in [0.1, 0.15) is 5.69 Å². The normalized spacial score (nSPS) is 11.0. The second kappa shape index (κ2) is 3.80. The number of aromatic amines is 1. The third-order valence-electron chi connectivity index (χ3n) is 2.76. The minimum Gasteiger partial charge on any atom is -0.398 e. The van der Waals surface area contributed by atoms with E-state index in [-0.39, 0.29) is 5.82 Å². The van der Waals surface area contributed by atoms with Gasteiger partial charge in [0.1, 0.15) is 11.6 Å². The molecule has 3 rings (SSSR count). The number of fused-ring (bicyclic) bond motifs is 1. The summed E-state index contributed by atoms with van der Waals surface area (Å²) in [5.41, 5.74) is 9.14. The van der Waals surface area contributed by atoms with Gasteiger partial charge in [-0.15, -0.1) is 0 Å². The molecule has 1 aromatic carbocycles. The van der Waals surface area contributed by atoms with Crippen molar-refractivity contribution >= 4 is 16.9 Å². The Morgan fingerprint density at radius 1 is 1.17 bits per heavy atom. The van der Waals surface area contributed by atoms with Gasteiger partial charge in [-0.05, 0) is 37.3 Å².